The minimum Gasteiger partial charge on any atom is -0.351 e. The van der Waals surface area contributed by atoms with Gasteiger partial charge in [-0.05, 0) is 35.7 Å². The molecule has 0 radical (unpaired) electrons. The van der Waals surface area contributed by atoms with Gasteiger partial charge in [0.2, 0.25) is 5.91 Å². The van der Waals surface area contributed by atoms with E-state index in [1.165, 1.54) is 5.56 Å². The number of rotatable bonds is 6. The van der Waals surface area contributed by atoms with Gasteiger partial charge in [-0.15, -0.1) is 0 Å². The summed E-state index contributed by atoms with van der Waals surface area (Å²) in [6.45, 7) is 3.55. The quantitative estimate of drug-likeness (QED) is 0.861. The van der Waals surface area contributed by atoms with E-state index in [0.717, 1.165) is 16.1 Å². The van der Waals surface area contributed by atoms with Gasteiger partial charge in [0.05, 0.1) is 6.54 Å². The maximum Gasteiger partial charge on any atom is 0.234 e. The van der Waals surface area contributed by atoms with Gasteiger partial charge in [0, 0.05) is 18.1 Å². The predicted molar refractivity (Wildman–Crippen MR) is 86.2 cm³/mol. The lowest BCUT2D eigenvalue weighted by atomic mass is 10.1. The van der Waals surface area contributed by atoms with E-state index in [1.807, 2.05) is 55.5 Å². The molecule has 2 N–H and O–H groups in total. The van der Waals surface area contributed by atoms with Crippen molar-refractivity contribution in [2.45, 2.75) is 20.0 Å². The van der Waals surface area contributed by atoms with Gasteiger partial charge in [-0.1, -0.05) is 48.0 Å². The second-order valence-corrected chi connectivity index (χ2v) is 5.37. The fourth-order valence-electron chi connectivity index (χ4n) is 1.99. The third-order valence-corrected chi connectivity index (χ3v) is 3.52. The van der Waals surface area contributed by atoms with Crippen LogP contribution in [-0.2, 0) is 17.9 Å². The number of carbonyl (C=O) groups is 1. The minimum atomic E-state index is -0.00721. The summed E-state index contributed by atoms with van der Waals surface area (Å²) in [6.07, 6.45) is 0. The highest BCUT2D eigenvalue weighted by Gasteiger charge is 2.02. The van der Waals surface area contributed by atoms with E-state index in [9.17, 15) is 4.79 Å². The van der Waals surface area contributed by atoms with Crippen LogP contribution in [0.25, 0.3) is 0 Å². The number of amides is 1. The predicted octanol–water partition coefficient (Wildman–Crippen LogP) is 3.05. The first kappa shape index (κ1) is 15.5. The Kier molecular flexibility index (Phi) is 5.78. The summed E-state index contributed by atoms with van der Waals surface area (Å²) >= 11 is 5.82. The van der Waals surface area contributed by atoms with Crippen molar-refractivity contribution < 1.29 is 4.79 Å². The number of hydrogen-bond acceptors (Lipinski definition) is 2. The Morgan fingerprint density at radius 2 is 1.76 bits per heavy atom. The van der Waals surface area contributed by atoms with E-state index in [0.29, 0.717) is 19.6 Å². The van der Waals surface area contributed by atoms with Crippen molar-refractivity contribution in [3.05, 3.63) is 70.2 Å². The molecular weight excluding hydrogens is 284 g/mol. The van der Waals surface area contributed by atoms with Crippen LogP contribution >= 0.6 is 11.6 Å². The van der Waals surface area contributed by atoms with Crippen molar-refractivity contribution in [1.29, 1.82) is 0 Å². The van der Waals surface area contributed by atoms with Crippen molar-refractivity contribution in [2.24, 2.45) is 0 Å². The molecule has 0 saturated carbocycles. The first-order chi connectivity index (χ1) is 10.1. The van der Waals surface area contributed by atoms with Gasteiger partial charge in [-0.25, -0.2) is 0 Å². The fourth-order valence-corrected chi connectivity index (χ4v) is 2.11. The summed E-state index contributed by atoms with van der Waals surface area (Å²) in [6, 6.07) is 15.6. The SMILES string of the molecule is Cc1ccccc1CNC(=O)CNCc1ccc(Cl)cc1. The Bertz CT molecular complexity index is 596. The van der Waals surface area contributed by atoms with Crippen LogP contribution in [0.3, 0.4) is 0 Å². The van der Waals surface area contributed by atoms with E-state index < -0.39 is 0 Å². The monoisotopic (exact) mass is 302 g/mol. The summed E-state index contributed by atoms with van der Waals surface area (Å²) in [7, 11) is 0. The van der Waals surface area contributed by atoms with Gasteiger partial charge in [0.25, 0.3) is 0 Å². The van der Waals surface area contributed by atoms with E-state index >= 15 is 0 Å². The molecule has 0 atom stereocenters. The molecule has 0 heterocycles. The molecule has 0 saturated heterocycles. The van der Waals surface area contributed by atoms with Crippen molar-refractivity contribution in [3.8, 4) is 0 Å². The molecule has 0 aliphatic rings. The maximum absolute atomic E-state index is 11.8. The highest BCUT2D eigenvalue weighted by Crippen LogP contribution is 2.09. The third-order valence-electron chi connectivity index (χ3n) is 3.27. The second-order valence-electron chi connectivity index (χ2n) is 4.93. The molecule has 2 aromatic carbocycles. The van der Waals surface area contributed by atoms with Crippen LogP contribution in [0.1, 0.15) is 16.7 Å². The molecule has 1 amide bonds. The molecule has 0 spiro atoms. The Morgan fingerprint density at radius 1 is 1.05 bits per heavy atom. The normalized spacial score (nSPS) is 10.4. The topological polar surface area (TPSA) is 41.1 Å². The van der Waals surface area contributed by atoms with Crippen LogP contribution in [0, 0.1) is 6.92 Å². The number of halogens is 1. The lowest BCUT2D eigenvalue weighted by Crippen LogP contribution is -2.33. The van der Waals surface area contributed by atoms with Gasteiger partial charge in [0.15, 0.2) is 0 Å². The summed E-state index contributed by atoms with van der Waals surface area (Å²) in [5, 5.41) is 6.75. The number of aryl methyl sites for hydroxylation is 1. The summed E-state index contributed by atoms with van der Waals surface area (Å²) in [5.74, 6) is -0.00721. The summed E-state index contributed by atoms with van der Waals surface area (Å²) in [4.78, 5) is 11.8. The van der Waals surface area contributed by atoms with E-state index in [-0.39, 0.29) is 5.91 Å². The first-order valence-electron chi connectivity index (χ1n) is 6.91. The Balaban J connectivity index is 1.70. The smallest absolute Gasteiger partial charge is 0.234 e. The molecule has 0 aliphatic carbocycles. The van der Waals surface area contributed by atoms with Crippen LogP contribution in [0.15, 0.2) is 48.5 Å². The van der Waals surface area contributed by atoms with Crippen molar-refractivity contribution in [1.82, 2.24) is 10.6 Å². The lowest BCUT2D eigenvalue weighted by Gasteiger charge is -2.09. The van der Waals surface area contributed by atoms with Crippen molar-refractivity contribution in [3.63, 3.8) is 0 Å². The number of carbonyl (C=O) groups excluding carboxylic acids is 1. The number of hydrogen-bond donors (Lipinski definition) is 2. The van der Waals surface area contributed by atoms with Gasteiger partial charge in [0.1, 0.15) is 0 Å². The summed E-state index contributed by atoms with van der Waals surface area (Å²) in [5.41, 5.74) is 3.43. The van der Waals surface area contributed by atoms with Gasteiger partial charge in [-0.2, -0.15) is 0 Å². The van der Waals surface area contributed by atoms with Crippen LogP contribution in [0.4, 0.5) is 0 Å². The van der Waals surface area contributed by atoms with Crippen molar-refractivity contribution in [2.75, 3.05) is 6.54 Å². The molecule has 0 fully saturated rings. The average molecular weight is 303 g/mol. The summed E-state index contributed by atoms with van der Waals surface area (Å²) < 4.78 is 0. The zero-order chi connectivity index (χ0) is 15.1. The first-order valence-corrected chi connectivity index (χ1v) is 7.29. The maximum atomic E-state index is 11.8. The van der Waals surface area contributed by atoms with E-state index in [2.05, 4.69) is 10.6 Å². The molecule has 21 heavy (non-hydrogen) atoms. The lowest BCUT2D eigenvalue weighted by molar-refractivity contribution is -0.120. The van der Waals surface area contributed by atoms with Gasteiger partial charge < -0.3 is 10.6 Å². The molecular formula is C17H19ClN2O. The molecule has 0 unspecified atom stereocenters. The van der Waals surface area contributed by atoms with Crippen molar-refractivity contribution >= 4 is 17.5 Å². The Morgan fingerprint density at radius 3 is 2.48 bits per heavy atom. The second kappa shape index (κ2) is 7.81. The number of benzene rings is 2. The van der Waals surface area contributed by atoms with Crippen LogP contribution < -0.4 is 10.6 Å². The minimum absolute atomic E-state index is 0.00721. The Hall–Kier alpha value is -1.84. The Labute approximate surface area is 130 Å². The molecule has 4 heteroatoms. The molecule has 0 aliphatic heterocycles. The third kappa shape index (κ3) is 5.21. The highest BCUT2D eigenvalue weighted by molar-refractivity contribution is 6.30. The average Bonchev–Trinajstić information content (AvgIpc) is 2.48. The molecule has 0 bridgehead atoms. The van der Waals surface area contributed by atoms with Crippen LogP contribution in [0.5, 0.6) is 0 Å². The van der Waals surface area contributed by atoms with Crippen LogP contribution in [-0.4, -0.2) is 12.5 Å². The zero-order valence-electron chi connectivity index (χ0n) is 12.0. The molecule has 2 aromatic rings. The molecule has 110 valence electrons. The standard InChI is InChI=1S/C17H19ClN2O/c1-13-4-2-3-5-15(13)11-20-17(21)12-19-10-14-6-8-16(18)9-7-14/h2-9,19H,10-12H2,1H3,(H,20,21). The van der Waals surface area contributed by atoms with Gasteiger partial charge in [-0.3, -0.25) is 4.79 Å². The van der Waals surface area contributed by atoms with E-state index in [4.69, 9.17) is 11.6 Å². The largest absolute Gasteiger partial charge is 0.351 e. The van der Waals surface area contributed by atoms with E-state index in [1.54, 1.807) is 0 Å². The number of nitrogens with one attached hydrogen (secondary N) is 2. The molecule has 3 nitrogen and oxygen atoms in total. The molecule has 2 rings (SSSR count). The van der Waals surface area contributed by atoms with Gasteiger partial charge >= 0.3 is 0 Å². The molecule has 0 aromatic heterocycles. The zero-order valence-corrected chi connectivity index (χ0v) is 12.8. The fraction of sp³-hybridized carbons (Fsp3) is 0.235. The highest BCUT2D eigenvalue weighted by atomic mass is 35.5. The van der Waals surface area contributed by atoms with Crippen LogP contribution in [0.2, 0.25) is 5.02 Å².